The Morgan fingerprint density at radius 1 is 1.23 bits per heavy atom. The zero-order valence-electron chi connectivity index (χ0n) is 17.8. The summed E-state index contributed by atoms with van der Waals surface area (Å²) in [4.78, 5) is 34.1. The molecule has 0 saturated carbocycles. The van der Waals surface area contributed by atoms with E-state index < -0.39 is 6.04 Å². The molecule has 0 N–H and O–H groups in total. The van der Waals surface area contributed by atoms with E-state index >= 15 is 0 Å². The summed E-state index contributed by atoms with van der Waals surface area (Å²) in [5.74, 6) is 1.34. The molecule has 156 valence electrons. The smallest absolute Gasteiger partial charge is 0.265 e. The Balaban J connectivity index is 1.75. The van der Waals surface area contributed by atoms with Crippen LogP contribution in [0.1, 0.15) is 36.1 Å². The van der Waals surface area contributed by atoms with Crippen molar-refractivity contribution in [3.63, 3.8) is 0 Å². The van der Waals surface area contributed by atoms with Crippen LogP contribution in [0.15, 0.2) is 42.5 Å². The second-order valence-electron chi connectivity index (χ2n) is 7.77. The number of Topliss-reactive ketones (excluding diaryl/α,β-unsaturated/α-hetero) is 1. The SMILES string of the molecule is CCN1C(=O)COc2ccc(C(=O)C(C)n3c(CN(C)C)nc4ccccc43)cc21. The van der Waals surface area contributed by atoms with Gasteiger partial charge in [-0.2, -0.15) is 0 Å². The molecule has 2 heterocycles. The summed E-state index contributed by atoms with van der Waals surface area (Å²) in [6.07, 6.45) is 0. The van der Waals surface area contributed by atoms with Gasteiger partial charge in [-0.05, 0) is 58.3 Å². The molecule has 4 rings (SSSR count). The Hall–Kier alpha value is -3.19. The van der Waals surface area contributed by atoms with Gasteiger partial charge in [-0.25, -0.2) is 4.98 Å². The number of amides is 1. The van der Waals surface area contributed by atoms with Crippen LogP contribution in [-0.4, -0.2) is 53.4 Å². The molecule has 7 heteroatoms. The number of ether oxygens (including phenoxy) is 1. The van der Waals surface area contributed by atoms with Crippen LogP contribution in [0.4, 0.5) is 5.69 Å². The lowest BCUT2D eigenvalue weighted by Gasteiger charge is -2.29. The number of nitrogens with zero attached hydrogens (tertiary/aromatic N) is 4. The summed E-state index contributed by atoms with van der Waals surface area (Å²) in [5.41, 5.74) is 3.00. The van der Waals surface area contributed by atoms with E-state index in [1.165, 1.54) is 0 Å². The molecule has 0 radical (unpaired) electrons. The lowest BCUT2D eigenvalue weighted by molar-refractivity contribution is -0.121. The second-order valence-corrected chi connectivity index (χ2v) is 7.77. The molecule has 3 aromatic rings. The van der Waals surface area contributed by atoms with Gasteiger partial charge in [0, 0.05) is 12.1 Å². The van der Waals surface area contributed by atoms with E-state index in [1.54, 1.807) is 23.1 Å². The lowest BCUT2D eigenvalue weighted by Crippen LogP contribution is -2.38. The van der Waals surface area contributed by atoms with Gasteiger partial charge in [-0.15, -0.1) is 0 Å². The van der Waals surface area contributed by atoms with Crippen LogP contribution in [0.25, 0.3) is 11.0 Å². The Morgan fingerprint density at radius 3 is 2.73 bits per heavy atom. The molecule has 0 fully saturated rings. The summed E-state index contributed by atoms with van der Waals surface area (Å²) >= 11 is 0. The van der Waals surface area contributed by atoms with Crippen LogP contribution >= 0.6 is 0 Å². The predicted molar refractivity (Wildman–Crippen MR) is 116 cm³/mol. The van der Waals surface area contributed by atoms with Crippen molar-refractivity contribution in [2.75, 3.05) is 32.1 Å². The molecule has 30 heavy (non-hydrogen) atoms. The van der Waals surface area contributed by atoms with Crippen molar-refractivity contribution >= 4 is 28.4 Å². The van der Waals surface area contributed by atoms with Crippen LogP contribution < -0.4 is 9.64 Å². The Labute approximate surface area is 175 Å². The maximum Gasteiger partial charge on any atom is 0.265 e. The molecule has 1 atom stereocenters. The van der Waals surface area contributed by atoms with Crippen molar-refractivity contribution in [3.8, 4) is 5.75 Å². The second kappa shape index (κ2) is 7.91. The molecule has 7 nitrogen and oxygen atoms in total. The van der Waals surface area contributed by atoms with Crippen LogP contribution in [0, 0.1) is 0 Å². The minimum Gasteiger partial charge on any atom is -0.482 e. The molecule has 1 aliphatic heterocycles. The fraction of sp³-hybridized carbons (Fsp3) is 0.348. The maximum atomic E-state index is 13.5. The molecule has 1 amide bonds. The normalized spacial score (nSPS) is 14.7. The minimum absolute atomic E-state index is 0.0272. The number of carbonyl (C=O) groups excluding carboxylic acids is 2. The van der Waals surface area contributed by atoms with Crippen molar-refractivity contribution in [2.24, 2.45) is 0 Å². The highest BCUT2D eigenvalue weighted by Gasteiger charge is 2.28. The number of anilines is 1. The summed E-state index contributed by atoms with van der Waals surface area (Å²) in [5, 5.41) is 0. The third-order valence-corrected chi connectivity index (χ3v) is 5.40. The van der Waals surface area contributed by atoms with E-state index in [-0.39, 0.29) is 18.3 Å². The fourth-order valence-corrected chi connectivity index (χ4v) is 3.98. The molecule has 0 aliphatic carbocycles. The molecule has 1 unspecified atom stereocenters. The predicted octanol–water partition coefficient (Wildman–Crippen LogP) is 3.29. The molecule has 1 aliphatic rings. The van der Waals surface area contributed by atoms with Gasteiger partial charge in [0.25, 0.3) is 5.91 Å². The Morgan fingerprint density at radius 2 is 2.00 bits per heavy atom. The summed E-state index contributed by atoms with van der Waals surface area (Å²) in [6.45, 7) is 4.99. The number of aromatic nitrogens is 2. The van der Waals surface area contributed by atoms with Gasteiger partial charge in [0.2, 0.25) is 0 Å². The molecule has 0 bridgehead atoms. The summed E-state index contributed by atoms with van der Waals surface area (Å²) < 4.78 is 7.54. The standard InChI is InChI=1S/C23H26N4O3/c1-5-26-19-12-16(10-11-20(19)30-14-22(26)28)23(29)15(2)27-18-9-7-6-8-17(18)24-21(27)13-25(3)4/h6-12,15H,5,13-14H2,1-4H3. The minimum atomic E-state index is -0.444. The van der Waals surface area contributed by atoms with Crippen LogP contribution in [0.3, 0.4) is 0 Å². The van der Waals surface area contributed by atoms with Gasteiger partial charge >= 0.3 is 0 Å². The number of imidazole rings is 1. The van der Waals surface area contributed by atoms with Crippen molar-refractivity contribution in [2.45, 2.75) is 26.4 Å². The highest BCUT2D eigenvalue weighted by atomic mass is 16.5. The Kier molecular flexibility index (Phi) is 5.30. The molecule has 0 spiro atoms. The molecule has 1 aromatic heterocycles. The average Bonchev–Trinajstić information content (AvgIpc) is 3.09. The van der Waals surface area contributed by atoms with E-state index in [2.05, 4.69) is 0 Å². The number of hydrogen-bond acceptors (Lipinski definition) is 5. The third kappa shape index (κ3) is 3.45. The first-order chi connectivity index (χ1) is 14.4. The van der Waals surface area contributed by atoms with E-state index in [1.807, 2.05) is 61.7 Å². The van der Waals surface area contributed by atoms with Crippen LogP contribution in [-0.2, 0) is 11.3 Å². The average molecular weight is 406 g/mol. The number of likely N-dealkylation sites (N-methyl/N-ethyl adjacent to an activating group) is 1. The van der Waals surface area contributed by atoms with Crippen LogP contribution in [0.2, 0.25) is 0 Å². The van der Waals surface area contributed by atoms with E-state index in [0.29, 0.717) is 30.1 Å². The van der Waals surface area contributed by atoms with Gasteiger partial charge in [0.1, 0.15) is 11.6 Å². The topological polar surface area (TPSA) is 67.7 Å². The molecular formula is C23H26N4O3. The number of para-hydroxylation sites is 2. The third-order valence-electron chi connectivity index (χ3n) is 5.40. The van der Waals surface area contributed by atoms with Crippen molar-refractivity contribution in [1.29, 1.82) is 0 Å². The van der Waals surface area contributed by atoms with Gasteiger partial charge in [-0.1, -0.05) is 12.1 Å². The number of fused-ring (bicyclic) bond motifs is 2. The van der Waals surface area contributed by atoms with Crippen LogP contribution in [0.5, 0.6) is 5.75 Å². The first-order valence-electron chi connectivity index (χ1n) is 10.1. The monoisotopic (exact) mass is 406 g/mol. The van der Waals surface area contributed by atoms with E-state index in [9.17, 15) is 9.59 Å². The van der Waals surface area contributed by atoms with Gasteiger partial charge in [-0.3, -0.25) is 9.59 Å². The van der Waals surface area contributed by atoms with E-state index in [0.717, 1.165) is 16.9 Å². The van der Waals surface area contributed by atoms with Gasteiger partial charge < -0.3 is 19.1 Å². The maximum absolute atomic E-state index is 13.5. The summed E-state index contributed by atoms with van der Waals surface area (Å²) in [6, 6.07) is 12.7. The Bertz CT molecular complexity index is 1120. The number of hydrogen-bond donors (Lipinski definition) is 0. The largest absolute Gasteiger partial charge is 0.482 e. The number of ketones is 1. The zero-order chi connectivity index (χ0) is 21.4. The molecule has 2 aromatic carbocycles. The first kappa shape index (κ1) is 20.1. The van der Waals surface area contributed by atoms with Crippen molar-refractivity contribution in [1.82, 2.24) is 14.5 Å². The fourth-order valence-electron chi connectivity index (χ4n) is 3.98. The van der Waals surface area contributed by atoms with Crippen molar-refractivity contribution < 1.29 is 14.3 Å². The zero-order valence-corrected chi connectivity index (χ0v) is 17.8. The number of rotatable bonds is 6. The quantitative estimate of drug-likeness (QED) is 0.588. The van der Waals surface area contributed by atoms with Gasteiger partial charge in [0.15, 0.2) is 12.4 Å². The highest BCUT2D eigenvalue weighted by Crippen LogP contribution is 2.34. The number of benzene rings is 2. The lowest BCUT2D eigenvalue weighted by atomic mass is 10.0. The van der Waals surface area contributed by atoms with E-state index in [4.69, 9.17) is 9.72 Å². The first-order valence-corrected chi connectivity index (χ1v) is 10.1. The van der Waals surface area contributed by atoms with Crippen molar-refractivity contribution in [3.05, 3.63) is 53.9 Å². The highest BCUT2D eigenvalue weighted by molar-refractivity contribution is 6.03. The number of carbonyl (C=O) groups is 2. The molecular weight excluding hydrogens is 380 g/mol. The summed E-state index contributed by atoms with van der Waals surface area (Å²) in [7, 11) is 3.96. The molecule has 0 saturated heterocycles. The van der Waals surface area contributed by atoms with Gasteiger partial charge in [0.05, 0.1) is 29.3 Å².